The molecule has 1 aliphatic heterocycles. The van der Waals surface area contributed by atoms with Crippen LogP contribution in [0.25, 0.3) is 0 Å². The zero-order chi connectivity index (χ0) is 18.8. The second-order valence-electron chi connectivity index (χ2n) is 7.73. The number of hydrogen-bond donors (Lipinski definition) is 1. The van der Waals surface area contributed by atoms with Gasteiger partial charge in [0.1, 0.15) is 11.2 Å². The van der Waals surface area contributed by atoms with Crippen LogP contribution < -0.4 is 4.90 Å². The number of carbonyl (C=O) groups is 2. The highest BCUT2D eigenvalue weighted by atomic mass is 16.6. The first-order valence-corrected chi connectivity index (χ1v) is 8.39. The molecule has 5 nitrogen and oxygen atoms in total. The molecule has 1 amide bonds. The van der Waals surface area contributed by atoms with E-state index in [1.54, 1.807) is 57.7 Å². The molecule has 0 aromatic heterocycles. The fourth-order valence-electron chi connectivity index (χ4n) is 2.44. The standard InChI is InChI=1S/C20H25NO4/c1-19(2,3)25-18(23)15-11-14(8-9-20(4,5)24)12-16(13-15)21-10-6-7-17(21)22/h11-13,24H,6-7,10H2,1-5H3. The van der Waals surface area contributed by atoms with Crippen LogP contribution in [-0.4, -0.2) is 34.7 Å². The number of anilines is 1. The van der Waals surface area contributed by atoms with Gasteiger partial charge in [-0.3, -0.25) is 4.79 Å². The number of nitrogens with zero attached hydrogens (tertiary/aromatic N) is 1. The molecule has 134 valence electrons. The highest BCUT2D eigenvalue weighted by Crippen LogP contribution is 2.25. The molecule has 1 saturated heterocycles. The van der Waals surface area contributed by atoms with Crippen molar-refractivity contribution in [1.82, 2.24) is 0 Å². The van der Waals surface area contributed by atoms with Crippen molar-refractivity contribution < 1.29 is 19.4 Å². The Hall–Kier alpha value is -2.32. The topological polar surface area (TPSA) is 66.8 Å². The van der Waals surface area contributed by atoms with Crippen LogP contribution in [0.2, 0.25) is 0 Å². The SMILES string of the molecule is CC(C)(O)C#Cc1cc(C(=O)OC(C)(C)C)cc(N2CCCC2=O)c1. The molecule has 0 unspecified atom stereocenters. The summed E-state index contributed by atoms with van der Waals surface area (Å²) in [6, 6.07) is 5.04. The fraction of sp³-hybridized carbons (Fsp3) is 0.500. The summed E-state index contributed by atoms with van der Waals surface area (Å²) in [4.78, 5) is 26.1. The van der Waals surface area contributed by atoms with Gasteiger partial charge in [0, 0.05) is 24.2 Å². The molecule has 0 radical (unpaired) electrons. The number of esters is 1. The summed E-state index contributed by atoms with van der Waals surface area (Å²) < 4.78 is 5.43. The van der Waals surface area contributed by atoms with Crippen molar-refractivity contribution in [3.63, 3.8) is 0 Å². The van der Waals surface area contributed by atoms with Gasteiger partial charge in [-0.05, 0) is 59.2 Å². The molecule has 0 bridgehead atoms. The van der Waals surface area contributed by atoms with Crippen molar-refractivity contribution in [3.05, 3.63) is 29.3 Å². The molecule has 1 fully saturated rings. The van der Waals surface area contributed by atoms with Crippen LogP contribution >= 0.6 is 0 Å². The number of benzene rings is 1. The van der Waals surface area contributed by atoms with E-state index < -0.39 is 17.2 Å². The second kappa shape index (κ2) is 6.89. The van der Waals surface area contributed by atoms with E-state index in [1.165, 1.54) is 0 Å². The molecule has 1 heterocycles. The summed E-state index contributed by atoms with van der Waals surface area (Å²) >= 11 is 0. The van der Waals surface area contributed by atoms with E-state index in [2.05, 4.69) is 11.8 Å². The molecule has 1 N–H and O–H groups in total. The third-order valence-electron chi connectivity index (χ3n) is 3.45. The van der Waals surface area contributed by atoms with Gasteiger partial charge >= 0.3 is 5.97 Å². The van der Waals surface area contributed by atoms with Crippen LogP contribution in [-0.2, 0) is 9.53 Å². The zero-order valence-electron chi connectivity index (χ0n) is 15.5. The number of carbonyl (C=O) groups excluding carboxylic acids is 2. The van der Waals surface area contributed by atoms with E-state index in [-0.39, 0.29) is 5.91 Å². The summed E-state index contributed by atoms with van der Waals surface area (Å²) in [5.74, 6) is 5.17. The Kier molecular flexibility index (Phi) is 5.24. The third kappa shape index (κ3) is 5.61. The van der Waals surface area contributed by atoms with Crippen molar-refractivity contribution in [1.29, 1.82) is 0 Å². The Morgan fingerprint density at radius 1 is 1.20 bits per heavy atom. The molecule has 0 aliphatic carbocycles. The number of ether oxygens (including phenoxy) is 1. The fourth-order valence-corrected chi connectivity index (χ4v) is 2.44. The van der Waals surface area contributed by atoms with E-state index in [0.717, 1.165) is 6.42 Å². The highest BCUT2D eigenvalue weighted by molar-refractivity contribution is 5.98. The first kappa shape index (κ1) is 19.0. The highest BCUT2D eigenvalue weighted by Gasteiger charge is 2.24. The van der Waals surface area contributed by atoms with Gasteiger partial charge in [-0.15, -0.1) is 0 Å². The van der Waals surface area contributed by atoms with Gasteiger partial charge in [-0.1, -0.05) is 11.8 Å². The normalized spacial score (nSPS) is 15.0. The minimum Gasteiger partial charge on any atom is -0.456 e. The summed E-state index contributed by atoms with van der Waals surface area (Å²) in [5, 5.41) is 9.80. The lowest BCUT2D eigenvalue weighted by atomic mass is 10.1. The maximum absolute atomic E-state index is 12.4. The molecular formula is C20H25NO4. The van der Waals surface area contributed by atoms with Crippen LogP contribution in [0.5, 0.6) is 0 Å². The Morgan fingerprint density at radius 2 is 1.88 bits per heavy atom. The zero-order valence-corrected chi connectivity index (χ0v) is 15.5. The van der Waals surface area contributed by atoms with E-state index >= 15 is 0 Å². The number of aliphatic hydroxyl groups is 1. The van der Waals surface area contributed by atoms with Crippen LogP contribution in [0.3, 0.4) is 0 Å². The smallest absolute Gasteiger partial charge is 0.338 e. The van der Waals surface area contributed by atoms with E-state index in [9.17, 15) is 14.7 Å². The first-order chi connectivity index (χ1) is 11.4. The summed E-state index contributed by atoms with van der Waals surface area (Å²) in [6.45, 7) is 9.19. The molecule has 1 aliphatic rings. The van der Waals surface area contributed by atoms with Gasteiger partial charge in [0.25, 0.3) is 0 Å². The predicted molar refractivity (Wildman–Crippen MR) is 96.4 cm³/mol. The lowest BCUT2D eigenvalue weighted by molar-refractivity contribution is -0.117. The van der Waals surface area contributed by atoms with Crippen molar-refractivity contribution in [2.24, 2.45) is 0 Å². The maximum atomic E-state index is 12.4. The van der Waals surface area contributed by atoms with Crippen molar-refractivity contribution in [2.75, 3.05) is 11.4 Å². The van der Waals surface area contributed by atoms with Crippen LogP contribution in [0.4, 0.5) is 5.69 Å². The molecule has 0 saturated carbocycles. The summed E-state index contributed by atoms with van der Waals surface area (Å²) in [7, 11) is 0. The van der Waals surface area contributed by atoms with Crippen LogP contribution in [0.15, 0.2) is 18.2 Å². The minimum absolute atomic E-state index is 0.0303. The van der Waals surface area contributed by atoms with Gasteiger partial charge < -0.3 is 14.7 Å². The number of amides is 1. The van der Waals surface area contributed by atoms with Gasteiger partial charge in [-0.25, -0.2) is 4.79 Å². The van der Waals surface area contributed by atoms with Crippen molar-refractivity contribution in [2.45, 2.75) is 58.7 Å². The maximum Gasteiger partial charge on any atom is 0.338 e. The first-order valence-electron chi connectivity index (χ1n) is 8.39. The van der Waals surface area contributed by atoms with Gasteiger partial charge in [0.15, 0.2) is 0 Å². The lowest BCUT2D eigenvalue weighted by Crippen LogP contribution is -2.26. The predicted octanol–water partition coefficient (Wildman–Crippen LogP) is 2.89. The van der Waals surface area contributed by atoms with E-state index in [0.29, 0.717) is 29.8 Å². The van der Waals surface area contributed by atoms with Crippen molar-refractivity contribution in [3.8, 4) is 11.8 Å². The van der Waals surface area contributed by atoms with Crippen LogP contribution in [0.1, 0.15) is 63.4 Å². The average Bonchev–Trinajstić information content (AvgIpc) is 2.88. The Bertz CT molecular complexity index is 742. The largest absolute Gasteiger partial charge is 0.456 e. The Morgan fingerprint density at radius 3 is 2.40 bits per heavy atom. The van der Waals surface area contributed by atoms with Crippen molar-refractivity contribution >= 4 is 17.6 Å². The average molecular weight is 343 g/mol. The molecular weight excluding hydrogens is 318 g/mol. The number of hydrogen-bond acceptors (Lipinski definition) is 4. The molecule has 0 spiro atoms. The molecule has 5 heteroatoms. The van der Waals surface area contributed by atoms with Crippen LogP contribution in [0, 0.1) is 11.8 Å². The van der Waals surface area contributed by atoms with Gasteiger partial charge in [0.05, 0.1) is 5.56 Å². The Labute approximate surface area is 149 Å². The van der Waals surface area contributed by atoms with E-state index in [1.807, 2.05) is 0 Å². The monoisotopic (exact) mass is 343 g/mol. The van der Waals surface area contributed by atoms with Gasteiger partial charge in [-0.2, -0.15) is 0 Å². The third-order valence-corrected chi connectivity index (χ3v) is 3.45. The molecule has 1 aromatic carbocycles. The van der Waals surface area contributed by atoms with E-state index in [4.69, 9.17) is 4.74 Å². The second-order valence-corrected chi connectivity index (χ2v) is 7.73. The quantitative estimate of drug-likeness (QED) is 0.662. The summed E-state index contributed by atoms with van der Waals surface area (Å²) in [5.41, 5.74) is -0.237. The molecule has 2 rings (SSSR count). The van der Waals surface area contributed by atoms with Gasteiger partial charge in [0.2, 0.25) is 5.91 Å². The minimum atomic E-state index is -1.15. The lowest BCUT2D eigenvalue weighted by Gasteiger charge is -2.21. The summed E-state index contributed by atoms with van der Waals surface area (Å²) in [6.07, 6.45) is 1.29. The molecule has 25 heavy (non-hydrogen) atoms. The molecule has 1 aromatic rings. The Balaban J connectivity index is 2.45. The number of rotatable bonds is 2. The molecule has 0 atom stereocenters.